The second-order valence-electron chi connectivity index (χ2n) is 4.34. The summed E-state index contributed by atoms with van der Waals surface area (Å²) >= 11 is 0. The first-order valence-corrected chi connectivity index (χ1v) is 5.70. The summed E-state index contributed by atoms with van der Waals surface area (Å²) < 4.78 is 0. The highest BCUT2D eigenvalue weighted by molar-refractivity contribution is 5.36. The fraction of sp³-hybridized carbons (Fsp3) is 0.286. The van der Waals surface area contributed by atoms with Gasteiger partial charge in [0.15, 0.2) is 0 Å². The lowest BCUT2D eigenvalue weighted by molar-refractivity contribution is 0.829. The first-order chi connectivity index (χ1) is 8.09. The maximum Gasteiger partial charge on any atom is 0.0587 e. The third-order valence-electron chi connectivity index (χ3n) is 3.02. The van der Waals surface area contributed by atoms with Crippen LogP contribution in [0, 0.1) is 20.8 Å². The van der Waals surface area contributed by atoms with Crippen molar-refractivity contribution >= 4 is 0 Å². The highest BCUT2D eigenvalue weighted by atomic mass is 14.7. The van der Waals surface area contributed by atoms with Crippen LogP contribution in [0.5, 0.6) is 0 Å². The molecule has 88 valence electrons. The molecule has 0 bridgehead atoms. The lowest BCUT2D eigenvalue weighted by Crippen LogP contribution is -2.15. The number of aromatic nitrogens is 2. The fourth-order valence-corrected chi connectivity index (χ4v) is 2.00. The van der Waals surface area contributed by atoms with E-state index in [1.165, 1.54) is 0 Å². The molecule has 2 heterocycles. The molecule has 0 aliphatic carbocycles. The molecule has 2 rings (SSSR count). The maximum absolute atomic E-state index is 6.29. The Morgan fingerprint density at radius 2 is 1.82 bits per heavy atom. The Hall–Kier alpha value is -1.74. The van der Waals surface area contributed by atoms with Crippen molar-refractivity contribution in [3.05, 3.63) is 58.7 Å². The van der Waals surface area contributed by atoms with Gasteiger partial charge in [-0.2, -0.15) is 0 Å². The van der Waals surface area contributed by atoms with Gasteiger partial charge in [-0.25, -0.2) is 0 Å². The molecule has 2 aromatic rings. The summed E-state index contributed by atoms with van der Waals surface area (Å²) in [6.45, 7) is 6.03. The number of hydrogen-bond acceptors (Lipinski definition) is 3. The van der Waals surface area contributed by atoms with E-state index < -0.39 is 0 Å². The Morgan fingerprint density at radius 3 is 2.47 bits per heavy atom. The molecule has 17 heavy (non-hydrogen) atoms. The van der Waals surface area contributed by atoms with Crippen LogP contribution in [0.4, 0.5) is 0 Å². The number of aryl methyl sites for hydroxylation is 3. The van der Waals surface area contributed by atoms with Crippen LogP contribution in [-0.2, 0) is 0 Å². The summed E-state index contributed by atoms with van der Waals surface area (Å²) in [6, 6.07) is 5.87. The van der Waals surface area contributed by atoms with Crippen molar-refractivity contribution in [2.75, 3.05) is 0 Å². The molecule has 0 amide bonds. The minimum absolute atomic E-state index is 0.156. The van der Waals surface area contributed by atoms with E-state index >= 15 is 0 Å². The zero-order chi connectivity index (χ0) is 12.4. The summed E-state index contributed by atoms with van der Waals surface area (Å²) in [5.74, 6) is 0. The summed E-state index contributed by atoms with van der Waals surface area (Å²) in [6.07, 6.45) is 3.62. The lowest BCUT2D eigenvalue weighted by atomic mass is 9.96. The van der Waals surface area contributed by atoms with Gasteiger partial charge >= 0.3 is 0 Å². The molecule has 0 fully saturated rings. The van der Waals surface area contributed by atoms with E-state index in [-0.39, 0.29) is 6.04 Å². The number of nitrogens with zero attached hydrogens (tertiary/aromatic N) is 2. The minimum Gasteiger partial charge on any atom is -0.320 e. The van der Waals surface area contributed by atoms with Crippen LogP contribution in [0.15, 0.2) is 30.6 Å². The van der Waals surface area contributed by atoms with E-state index in [1.54, 1.807) is 6.20 Å². The average molecular weight is 227 g/mol. The van der Waals surface area contributed by atoms with Gasteiger partial charge < -0.3 is 5.73 Å². The molecule has 0 spiro atoms. The van der Waals surface area contributed by atoms with E-state index in [0.29, 0.717) is 0 Å². The Labute approximate surface area is 102 Å². The van der Waals surface area contributed by atoms with Gasteiger partial charge in [0.1, 0.15) is 0 Å². The molecule has 3 heteroatoms. The van der Waals surface area contributed by atoms with Gasteiger partial charge in [-0.1, -0.05) is 6.07 Å². The zero-order valence-electron chi connectivity index (χ0n) is 10.4. The predicted octanol–water partition coefficient (Wildman–Crippen LogP) is 2.45. The van der Waals surface area contributed by atoms with Crippen LogP contribution in [-0.4, -0.2) is 9.97 Å². The van der Waals surface area contributed by atoms with Crippen molar-refractivity contribution in [1.29, 1.82) is 0 Å². The molecule has 2 N–H and O–H groups in total. The second kappa shape index (κ2) is 4.63. The number of nitrogens with two attached hydrogens (primary N) is 1. The van der Waals surface area contributed by atoms with Crippen LogP contribution in [0.3, 0.4) is 0 Å². The quantitative estimate of drug-likeness (QED) is 0.857. The van der Waals surface area contributed by atoms with Crippen LogP contribution < -0.4 is 5.73 Å². The average Bonchev–Trinajstić information content (AvgIpc) is 2.29. The Kier molecular flexibility index (Phi) is 3.20. The topological polar surface area (TPSA) is 51.8 Å². The largest absolute Gasteiger partial charge is 0.320 e. The number of hydrogen-bond donors (Lipinski definition) is 1. The van der Waals surface area contributed by atoms with Crippen molar-refractivity contribution < 1.29 is 0 Å². The number of pyridine rings is 2. The van der Waals surface area contributed by atoms with Crippen LogP contribution in [0.2, 0.25) is 0 Å². The SMILES string of the molecule is Cc1ccc(C(N)c2cnccc2C)c(C)n1. The minimum atomic E-state index is -0.156. The van der Waals surface area contributed by atoms with Crippen molar-refractivity contribution in [2.45, 2.75) is 26.8 Å². The van der Waals surface area contributed by atoms with Gasteiger partial charge in [-0.05, 0) is 49.6 Å². The van der Waals surface area contributed by atoms with E-state index in [0.717, 1.165) is 28.1 Å². The molecular formula is C14H17N3. The van der Waals surface area contributed by atoms with Crippen LogP contribution in [0.1, 0.15) is 34.1 Å². The van der Waals surface area contributed by atoms with Crippen LogP contribution >= 0.6 is 0 Å². The lowest BCUT2D eigenvalue weighted by Gasteiger charge is -2.16. The summed E-state index contributed by atoms with van der Waals surface area (Å²) in [5, 5.41) is 0. The predicted molar refractivity (Wildman–Crippen MR) is 68.7 cm³/mol. The molecule has 0 saturated heterocycles. The zero-order valence-corrected chi connectivity index (χ0v) is 10.4. The van der Waals surface area contributed by atoms with Gasteiger partial charge in [-0.15, -0.1) is 0 Å². The smallest absolute Gasteiger partial charge is 0.0587 e. The first kappa shape index (κ1) is 11.7. The molecular weight excluding hydrogens is 210 g/mol. The molecule has 1 atom stereocenters. The normalized spacial score (nSPS) is 12.5. The van der Waals surface area contributed by atoms with E-state index in [2.05, 4.69) is 16.0 Å². The molecule has 0 aliphatic heterocycles. The van der Waals surface area contributed by atoms with Crippen molar-refractivity contribution in [3.8, 4) is 0 Å². The molecule has 3 nitrogen and oxygen atoms in total. The molecule has 0 aliphatic rings. The Morgan fingerprint density at radius 1 is 1.06 bits per heavy atom. The summed E-state index contributed by atoms with van der Waals surface area (Å²) in [4.78, 5) is 8.59. The van der Waals surface area contributed by atoms with Crippen molar-refractivity contribution in [1.82, 2.24) is 9.97 Å². The Bertz CT molecular complexity index is 535. The monoisotopic (exact) mass is 227 g/mol. The molecule has 0 aromatic carbocycles. The second-order valence-corrected chi connectivity index (χ2v) is 4.34. The summed E-state index contributed by atoms with van der Waals surface area (Å²) in [7, 11) is 0. The molecule has 0 saturated carbocycles. The first-order valence-electron chi connectivity index (χ1n) is 5.70. The van der Waals surface area contributed by atoms with Gasteiger partial charge in [0.2, 0.25) is 0 Å². The fourth-order valence-electron chi connectivity index (χ4n) is 2.00. The number of rotatable bonds is 2. The Balaban J connectivity index is 2.44. The molecule has 2 aromatic heterocycles. The standard InChI is InChI=1S/C14H17N3/c1-9-6-7-16-8-13(9)14(15)12-5-4-10(2)17-11(12)3/h4-8,14H,15H2,1-3H3. The highest BCUT2D eigenvalue weighted by Crippen LogP contribution is 2.23. The van der Waals surface area contributed by atoms with Crippen molar-refractivity contribution in [2.24, 2.45) is 5.73 Å². The molecule has 0 radical (unpaired) electrons. The van der Waals surface area contributed by atoms with Gasteiger partial charge in [0.05, 0.1) is 6.04 Å². The van der Waals surface area contributed by atoms with Crippen LogP contribution in [0.25, 0.3) is 0 Å². The van der Waals surface area contributed by atoms with E-state index in [1.807, 2.05) is 39.1 Å². The third-order valence-corrected chi connectivity index (χ3v) is 3.02. The maximum atomic E-state index is 6.29. The highest BCUT2D eigenvalue weighted by Gasteiger charge is 2.14. The van der Waals surface area contributed by atoms with Gasteiger partial charge in [-0.3, -0.25) is 9.97 Å². The third kappa shape index (κ3) is 2.34. The van der Waals surface area contributed by atoms with Gasteiger partial charge in [0.25, 0.3) is 0 Å². The summed E-state index contributed by atoms with van der Waals surface area (Å²) in [5.41, 5.74) is 11.6. The molecule has 1 unspecified atom stereocenters. The van der Waals surface area contributed by atoms with Crippen molar-refractivity contribution in [3.63, 3.8) is 0 Å². The van der Waals surface area contributed by atoms with Gasteiger partial charge in [0, 0.05) is 23.8 Å². The van der Waals surface area contributed by atoms with E-state index in [4.69, 9.17) is 5.73 Å². The van der Waals surface area contributed by atoms with E-state index in [9.17, 15) is 0 Å².